The Morgan fingerprint density at radius 3 is 2.73 bits per heavy atom. The van der Waals surface area contributed by atoms with Gasteiger partial charge in [0.15, 0.2) is 9.84 Å². The van der Waals surface area contributed by atoms with Crippen LogP contribution in [0, 0.1) is 23.1 Å². The minimum atomic E-state index is -3.13. The molecule has 1 amide bonds. The molecule has 1 atom stereocenters. The number of carbonyl (C=O) groups excluding carboxylic acids is 1. The Balaban J connectivity index is 2.13. The number of rotatable bonds is 4. The van der Waals surface area contributed by atoms with Crippen LogP contribution in [0.3, 0.4) is 0 Å². The van der Waals surface area contributed by atoms with Gasteiger partial charge in [-0.3, -0.25) is 4.79 Å². The highest BCUT2D eigenvalue weighted by atomic mass is 32.2. The summed E-state index contributed by atoms with van der Waals surface area (Å²) in [5.41, 5.74) is 0.535. The van der Waals surface area contributed by atoms with Gasteiger partial charge in [0.1, 0.15) is 5.82 Å². The lowest BCUT2D eigenvalue weighted by Crippen LogP contribution is -2.36. The molecule has 1 unspecified atom stereocenters. The van der Waals surface area contributed by atoms with E-state index >= 15 is 0 Å². The first-order valence-corrected chi connectivity index (χ1v) is 8.86. The van der Waals surface area contributed by atoms with Crippen LogP contribution in [0.5, 0.6) is 0 Å². The number of benzene rings is 1. The van der Waals surface area contributed by atoms with E-state index in [-0.39, 0.29) is 29.5 Å². The monoisotopic (exact) mass is 324 g/mol. The van der Waals surface area contributed by atoms with E-state index in [1.165, 1.54) is 17.0 Å². The molecule has 0 aliphatic carbocycles. The molecule has 1 aliphatic rings. The maximum atomic E-state index is 13.9. The molecule has 1 heterocycles. The fourth-order valence-electron chi connectivity index (χ4n) is 2.54. The molecule has 0 radical (unpaired) electrons. The average Bonchev–Trinajstić information content (AvgIpc) is 2.85. The van der Waals surface area contributed by atoms with Gasteiger partial charge in [-0.05, 0) is 25.5 Å². The fourth-order valence-corrected chi connectivity index (χ4v) is 4.28. The molecule has 0 N–H and O–H groups in total. The summed E-state index contributed by atoms with van der Waals surface area (Å²) in [6.07, 6.45) is 0.327. The highest BCUT2D eigenvalue weighted by Crippen LogP contribution is 2.22. The van der Waals surface area contributed by atoms with Crippen molar-refractivity contribution in [2.75, 3.05) is 18.1 Å². The van der Waals surface area contributed by atoms with Gasteiger partial charge in [-0.15, -0.1) is 0 Å². The van der Waals surface area contributed by atoms with E-state index in [2.05, 4.69) is 0 Å². The van der Waals surface area contributed by atoms with Crippen molar-refractivity contribution in [3.63, 3.8) is 0 Å². The van der Waals surface area contributed by atoms with Crippen LogP contribution in [0.1, 0.15) is 24.5 Å². The molecule has 1 fully saturated rings. The number of amides is 1. The predicted octanol–water partition coefficient (Wildman–Crippen LogP) is 1.48. The zero-order valence-electron chi connectivity index (χ0n) is 12.3. The van der Waals surface area contributed by atoms with Crippen LogP contribution >= 0.6 is 0 Å². The van der Waals surface area contributed by atoms with Crippen LogP contribution in [-0.2, 0) is 21.2 Å². The van der Waals surface area contributed by atoms with Crippen LogP contribution in [0.2, 0.25) is 0 Å². The number of hydrogen-bond donors (Lipinski definition) is 0. The van der Waals surface area contributed by atoms with Crippen molar-refractivity contribution in [1.82, 2.24) is 4.90 Å². The molecule has 1 aromatic carbocycles. The number of sulfone groups is 1. The Labute approximate surface area is 129 Å². The van der Waals surface area contributed by atoms with Crippen LogP contribution < -0.4 is 0 Å². The van der Waals surface area contributed by atoms with E-state index in [4.69, 9.17) is 5.26 Å². The number of nitriles is 1. The molecule has 7 heteroatoms. The second-order valence-electron chi connectivity index (χ2n) is 5.37. The van der Waals surface area contributed by atoms with Gasteiger partial charge in [0.2, 0.25) is 5.91 Å². The standard InChI is InChI=1S/C15H17FN2O3S/c1-2-18(15(19)13-5-6-22(20,21)10-13)9-12-4-3-11(8-17)7-14(12)16/h3-4,7,13H,2,5-6,9-10H2,1H3. The highest BCUT2D eigenvalue weighted by molar-refractivity contribution is 7.91. The van der Waals surface area contributed by atoms with E-state index in [0.29, 0.717) is 18.5 Å². The van der Waals surface area contributed by atoms with Crippen molar-refractivity contribution in [2.24, 2.45) is 5.92 Å². The predicted molar refractivity (Wildman–Crippen MR) is 79.0 cm³/mol. The van der Waals surface area contributed by atoms with Gasteiger partial charge >= 0.3 is 0 Å². The summed E-state index contributed by atoms with van der Waals surface area (Å²) in [6, 6.07) is 5.96. The highest BCUT2D eigenvalue weighted by Gasteiger charge is 2.35. The topological polar surface area (TPSA) is 78.2 Å². The Morgan fingerprint density at radius 1 is 1.50 bits per heavy atom. The summed E-state index contributed by atoms with van der Waals surface area (Å²) in [4.78, 5) is 13.8. The Kier molecular flexibility index (Phi) is 4.81. The molecule has 0 bridgehead atoms. The molecule has 1 saturated heterocycles. The summed E-state index contributed by atoms with van der Waals surface area (Å²) in [5, 5.41) is 8.72. The minimum absolute atomic E-state index is 0.0339. The van der Waals surface area contributed by atoms with E-state index in [0.717, 1.165) is 6.07 Å². The van der Waals surface area contributed by atoms with Crippen LogP contribution in [-0.4, -0.2) is 37.3 Å². The zero-order valence-corrected chi connectivity index (χ0v) is 13.1. The molecular weight excluding hydrogens is 307 g/mol. The van der Waals surface area contributed by atoms with Crippen molar-refractivity contribution >= 4 is 15.7 Å². The lowest BCUT2D eigenvalue weighted by molar-refractivity contribution is -0.135. The van der Waals surface area contributed by atoms with E-state index in [1.807, 2.05) is 6.07 Å². The smallest absolute Gasteiger partial charge is 0.227 e. The number of nitrogens with zero attached hydrogens (tertiary/aromatic N) is 2. The Hall–Kier alpha value is -1.94. The van der Waals surface area contributed by atoms with E-state index < -0.39 is 21.6 Å². The van der Waals surface area contributed by atoms with Gasteiger partial charge in [0, 0.05) is 18.7 Å². The van der Waals surface area contributed by atoms with Crippen LogP contribution in [0.4, 0.5) is 4.39 Å². The van der Waals surface area contributed by atoms with E-state index in [1.54, 1.807) is 6.92 Å². The summed E-state index contributed by atoms with van der Waals surface area (Å²) < 4.78 is 36.9. The van der Waals surface area contributed by atoms with Crippen molar-refractivity contribution in [2.45, 2.75) is 19.9 Å². The Bertz CT molecular complexity index is 725. The van der Waals surface area contributed by atoms with Gasteiger partial charge < -0.3 is 4.90 Å². The molecule has 5 nitrogen and oxygen atoms in total. The van der Waals surface area contributed by atoms with Gasteiger partial charge in [-0.2, -0.15) is 5.26 Å². The maximum Gasteiger partial charge on any atom is 0.227 e. The normalized spacial score (nSPS) is 19.6. The summed E-state index contributed by atoms with van der Waals surface area (Å²) in [7, 11) is -3.13. The van der Waals surface area contributed by atoms with Gasteiger partial charge in [-0.1, -0.05) is 6.07 Å². The van der Waals surface area contributed by atoms with Gasteiger partial charge in [0.25, 0.3) is 0 Å². The fraction of sp³-hybridized carbons (Fsp3) is 0.467. The number of halogens is 1. The quantitative estimate of drug-likeness (QED) is 0.840. The van der Waals surface area contributed by atoms with Crippen molar-refractivity contribution < 1.29 is 17.6 Å². The molecule has 118 valence electrons. The largest absolute Gasteiger partial charge is 0.338 e. The molecule has 1 aliphatic heterocycles. The third-order valence-corrected chi connectivity index (χ3v) is 5.59. The molecule has 2 rings (SSSR count). The molecule has 22 heavy (non-hydrogen) atoms. The molecule has 1 aromatic rings. The van der Waals surface area contributed by atoms with Crippen LogP contribution in [0.15, 0.2) is 18.2 Å². The van der Waals surface area contributed by atoms with Gasteiger partial charge in [-0.25, -0.2) is 12.8 Å². The second kappa shape index (κ2) is 6.44. The lowest BCUT2D eigenvalue weighted by Gasteiger charge is -2.24. The molecule has 0 aromatic heterocycles. The SMILES string of the molecule is CCN(Cc1ccc(C#N)cc1F)C(=O)C1CCS(=O)(=O)C1. The maximum absolute atomic E-state index is 13.9. The third kappa shape index (κ3) is 3.63. The first-order chi connectivity index (χ1) is 10.4. The minimum Gasteiger partial charge on any atom is -0.338 e. The average molecular weight is 324 g/mol. The number of hydrogen-bond acceptors (Lipinski definition) is 4. The Morgan fingerprint density at radius 2 is 2.23 bits per heavy atom. The van der Waals surface area contributed by atoms with Crippen molar-refractivity contribution in [3.8, 4) is 6.07 Å². The number of carbonyl (C=O) groups is 1. The van der Waals surface area contributed by atoms with E-state index in [9.17, 15) is 17.6 Å². The summed E-state index contributed by atoms with van der Waals surface area (Å²) in [6.45, 7) is 2.21. The first kappa shape index (κ1) is 16.4. The molecule has 0 saturated carbocycles. The second-order valence-corrected chi connectivity index (χ2v) is 7.60. The lowest BCUT2D eigenvalue weighted by atomic mass is 10.1. The molecular formula is C15H17FN2O3S. The first-order valence-electron chi connectivity index (χ1n) is 7.04. The summed E-state index contributed by atoms with van der Waals surface area (Å²) >= 11 is 0. The van der Waals surface area contributed by atoms with Crippen molar-refractivity contribution in [3.05, 3.63) is 35.1 Å². The summed E-state index contributed by atoms with van der Waals surface area (Å²) in [5.74, 6) is -1.42. The van der Waals surface area contributed by atoms with Gasteiger partial charge in [0.05, 0.1) is 29.1 Å². The zero-order chi connectivity index (χ0) is 16.3. The van der Waals surface area contributed by atoms with Crippen LogP contribution in [0.25, 0.3) is 0 Å². The molecule has 0 spiro atoms. The van der Waals surface area contributed by atoms with Crippen molar-refractivity contribution in [1.29, 1.82) is 5.26 Å². The third-order valence-electron chi connectivity index (χ3n) is 3.82.